The normalized spacial score (nSPS) is 19.1. The minimum absolute atomic E-state index is 0.119. The minimum atomic E-state index is -3.60. The van der Waals surface area contributed by atoms with Crippen LogP contribution in [-0.2, 0) is 19.6 Å². The van der Waals surface area contributed by atoms with E-state index in [1.54, 1.807) is 12.1 Å². The van der Waals surface area contributed by atoms with Gasteiger partial charge in [-0.25, -0.2) is 17.9 Å². The molecule has 1 aromatic carbocycles. The highest BCUT2D eigenvalue weighted by molar-refractivity contribution is 7.89. The van der Waals surface area contributed by atoms with Crippen molar-refractivity contribution in [1.29, 1.82) is 0 Å². The van der Waals surface area contributed by atoms with Crippen molar-refractivity contribution in [3.8, 4) is 0 Å². The molecule has 0 bridgehead atoms. The Labute approximate surface area is 123 Å². The van der Waals surface area contributed by atoms with Crippen LogP contribution < -0.4 is 4.72 Å². The molecular formula is C14H17NO5S. The Morgan fingerprint density at radius 1 is 1.48 bits per heavy atom. The van der Waals surface area contributed by atoms with Crippen LogP contribution in [0.5, 0.6) is 0 Å². The molecule has 0 spiro atoms. The molecule has 2 rings (SSSR count). The van der Waals surface area contributed by atoms with Gasteiger partial charge in [-0.1, -0.05) is 12.1 Å². The summed E-state index contributed by atoms with van der Waals surface area (Å²) in [7, 11) is -3.60. The van der Waals surface area contributed by atoms with E-state index in [1.807, 2.05) is 0 Å². The highest BCUT2D eigenvalue weighted by Crippen LogP contribution is 2.15. The molecule has 1 heterocycles. The van der Waals surface area contributed by atoms with E-state index in [4.69, 9.17) is 9.84 Å². The minimum Gasteiger partial charge on any atom is -0.478 e. The first kappa shape index (κ1) is 15.7. The number of carboxylic acid groups (broad SMARTS) is 1. The number of carboxylic acids is 1. The van der Waals surface area contributed by atoms with E-state index < -0.39 is 16.0 Å². The molecule has 1 fully saturated rings. The van der Waals surface area contributed by atoms with E-state index >= 15 is 0 Å². The molecule has 0 aliphatic carbocycles. The van der Waals surface area contributed by atoms with E-state index in [9.17, 15) is 13.2 Å². The molecule has 0 saturated carbocycles. The molecule has 1 aliphatic rings. The van der Waals surface area contributed by atoms with E-state index in [-0.39, 0.29) is 10.8 Å². The lowest BCUT2D eigenvalue weighted by molar-refractivity contribution is -0.131. The third-order valence-corrected chi connectivity index (χ3v) is 4.59. The van der Waals surface area contributed by atoms with Crippen LogP contribution in [0.2, 0.25) is 0 Å². The zero-order valence-corrected chi connectivity index (χ0v) is 12.2. The van der Waals surface area contributed by atoms with Crippen molar-refractivity contribution in [2.24, 2.45) is 5.92 Å². The number of rotatable bonds is 6. The van der Waals surface area contributed by atoms with Gasteiger partial charge in [0.05, 0.1) is 11.5 Å². The Kier molecular flexibility index (Phi) is 5.11. The van der Waals surface area contributed by atoms with E-state index in [0.717, 1.165) is 12.5 Å². The van der Waals surface area contributed by atoms with E-state index in [1.165, 1.54) is 18.2 Å². The van der Waals surface area contributed by atoms with Gasteiger partial charge in [0.25, 0.3) is 0 Å². The molecule has 1 aromatic rings. The Bertz CT molecular complexity index is 633. The predicted molar refractivity (Wildman–Crippen MR) is 77.2 cm³/mol. The number of benzene rings is 1. The second-order valence-corrected chi connectivity index (χ2v) is 6.59. The second kappa shape index (κ2) is 6.84. The van der Waals surface area contributed by atoms with Crippen molar-refractivity contribution in [3.63, 3.8) is 0 Å². The maximum atomic E-state index is 12.2. The van der Waals surface area contributed by atoms with Crippen LogP contribution in [0.15, 0.2) is 35.2 Å². The lowest BCUT2D eigenvalue weighted by Crippen LogP contribution is -2.29. The van der Waals surface area contributed by atoms with Crippen molar-refractivity contribution in [1.82, 2.24) is 4.72 Å². The van der Waals surface area contributed by atoms with Gasteiger partial charge in [0.1, 0.15) is 0 Å². The summed E-state index contributed by atoms with van der Waals surface area (Å²) in [5.41, 5.74) is 0.518. The number of hydrogen-bond donors (Lipinski definition) is 2. The molecular weight excluding hydrogens is 294 g/mol. The van der Waals surface area contributed by atoms with Gasteiger partial charge in [-0.15, -0.1) is 0 Å². The zero-order valence-electron chi connectivity index (χ0n) is 11.4. The molecule has 1 aliphatic heterocycles. The molecule has 114 valence electrons. The standard InChI is InChI=1S/C14H17NO5S/c16-14(17)5-4-11-2-1-3-13(8-11)21(18,19)15-9-12-6-7-20-10-12/h1-5,8,12,15H,6-7,9-10H2,(H,16,17). The topological polar surface area (TPSA) is 92.7 Å². The maximum absolute atomic E-state index is 12.2. The Morgan fingerprint density at radius 2 is 2.29 bits per heavy atom. The van der Waals surface area contributed by atoms with Crippen LogP contribution in [0.3, 0.4) is 0 Å². The average Bonchev–Trinajstić information content (AvgIpc) is 2.97. The van der Waals surface area contributed by atoms with Crippen LogP contribution in [0.25, 0.3) is 6.08 Å². The smallest absolute Gasteiger partial charge is 0.328 e. The maximum Gasteiger partial charge on any atom is 0.328 e. The molecule has 7 heteroatoms. The number of aliphatic carboxylic acids is 1. The van der Waals surface area contributed by atoms with Gasteiger partial charge in [0, 0.05) is 19.2 Å². The van der Waals surface area contributed by atoms with Crippen molar-refractivity contribution < 1.29 is 23.1 Å². The number of hydrogen-bond acceptors (Lipinski definition) is 4. The van der Waals surface area contributed by atoms with Gasteiger partial charge in [-0.2, -0.15) is 0 Å². The number of carbonyl (C=O) groups is 1. The Balaban J connectivity index is 2.08. The summed E-state index contributed by atoms with van der Waals surface area (Å²) in [6.07, 6.45) is 3.17. The SMILES string of the molecule is O=C(O)C=Cc1cccc(S(=O)(=O)NCC2CCOC2)c1. The molecule has 1 saturated heterocycles. The van der Waals surface area contributed by atoms with Gasteiger partial charge >= 0.3 is 5.97 Å². The zero-order chi connectivity index (χ0) is 15.3. The van der Waals surface area contributed by atoms with Crippen LogP contribution in [0.1, 0.15) is 12.0 Å². The fourth-order valence-corrected chi connectivity index (χ4v) is 3.18. The molecule has 0 aromatic heterocycles. The van der Waals surface area contributed by atoms with Gasteiger partial charge < -0.3 is 9.84 Å². The fourth-order valence-electron chi connectivity index (χ4n) is 2.01. The van der Waals surface area contributed by atoms with E-state index in [2.05, 4.69) is 4.72 Å². The lowest BCUT2D eigenvalue weighted by Gasteiger charge is -2.10. The fraction of sp³-hybridized carbons (Fsp3) is 0.357. The average molecular weight is 311 g/mol. The summed E-state index contributed by atoms with van der Waals surface area (Å²) in [6.45, 7) is 1.59. The van der Waals surface area contributed by atoms with E-state index in [0.29, 0.717) is 25.3 Å². The van der Waals surface area contributed by atoms with Crippen LogP contribution in [0, 0.1) is 5.92 Å². The largest absolute Gasteiger partial charge is 0.478 e. The summed E-state index contributed by atoms with van der Waals surface area (Å²) < 4.78 is 32.1. The summed E-state index contributed by atoms with van der Waals surface area (Å²) in [4.78, 5) is 10.6. The number of sulfonamides is 1. The van der Waals surface area contributed by atoms with Crippen LogP contribution in [-0.4, -0.2) is 39.3 Å². The molecule has 21 heavy (non-hydrogen) atoms. The van der Waals surface area contributed by atoms with Gasteiger partial charge in [0.2, 0.25) is 10.0 Å². The highest BCUT2D eigenvalue weighted by Gasteiger charge is 2.20. The van der Waals surface area contributed by atoms with Gasteiger partial charge in [-0.3, -0.25) is 0 Å². The lowest BCUT2D eigenvalue weighted by atomic mass is 10.1. The van der Waals surface area contributed by atoms with Gasteiger partial charge in [0.15, 0.2) is 0 Å². The summed E-state index contributed by atoms with van der Waals surface area (Å²) in [5.74, 6) is -0.877. The Hall–Kier alpha value is -1.70. The number of nitrogens with one attached hydrogen (secondary N) is 1. The highest BCUT2D eigenvalue weighted by atomic mass is 32.2. The third-order valence-electron chi connectivity index (χ3n) is 3.17. The van der Waals surface area contributed by atoms with Crippen molar-refractivity contribution in [3.05, 3.63) is 35.9 Å². The van der Waals surface area contributed by atoms with Crippen molar-refractivity contribution >= 4 is 22.1 Å². The molecule has 2 N–H and O–H groups in total. The third kappa shape index (κ3) is 4.66. The first-order chi connectivity index (χ1) is 9.97. The molecule has 0 radical (unpaired) electrons. The number of ether oxygens (including phenoxy) is 1. The summed E-state index contributed by atoms with van der Waals surface area (Å²) in [6, 6.07) is 6.14. The molecule has 1 unspecified atom stereocenters. The van der Waals surface area contributed by atoms with Crippen LogP contribution >= 0.6 is 0 Å². The van der Waals surface area contributed by atoms with Crippen molar-refractivity contribution in [2.45, 2.75) is 11.3 Å². The van der Waals surface area contributed by atoms with Crippen molar-refractivity contribution in [2.75, 3.05) is 19.8 Å². The molecule has 0 amide bonds. The van der Waals surface area contributed by atoms with Gasteiger partial charge in [-0.05, 0) is 36.1 Å². The Morgan fingerprint density at radius 3 is 2.95 bits per heavy atom. The van der Waals surface area contributed by atoms with Crippen LogP contribution in [0.4, 0.5) is 0 Å². The molecule has 1 atom stereocenters. The first-order valence-electron chi connectivity index (χ1n) is 6.56. The predicted octanol–water partition coefficient (Wildman–Crippen LogP) is 1.10. The summed E-state index contributed by atoms with van der Waals surface area (Å²) >= 11 is 0. The quantitative estimate of drug-likeness (QED) is 0.767. The second-order valence-electron chi connectivity index (χ2n) is 4.83. The monoisotopic (exact) mass is 311 g/mol. The molecule has 6 nitrogen and oxygen atoms in total. The summed E-state index contributed by atoms with van der Waals surface area (Å²) in [5, 5.41) is 8.58. The first-order valence-corrected chi connectivity index (χ1v) is 8.04.